The number of thioether (sulfide) groups is 1. The quantitative estimate of drug-likeness (QED) is 0.242. The van der Waals surface area contributed by atoms with Crippen molar-refractivity contribution in [2.45, 2.75) is 76.9 Å². The van der Waals surface area contributed by atoms with Crippen molar-refractivity contribution in [1.82, 2.24) is 0 Å². The second-order valence-corrected chi connectivity index (χ2v) is 8.20. The summed E-state index contributed by atoms with van der Waals surface area (Å²) in [7, 11) is 0. The number of hydrogen-bond acceptors (Lipinski definition) is 3. The van der Waals surface area contributed by atoms with Crippen LogP contribution < -0.4 is 0 Å². The average Bonchev–Trinajstić information content (AvgIpc) is 2.42. The van der Waals surface area contributed by atoms with E-state index in [4.69, 9.17) is 4.74 Å². The summed E-state index contributed by atoms with van der Waals surface area (Å²) in [4.78, 5) is 11.0. The van der Waals surface area contributed by atoms with Gasteiger partial charge in [-0.2, -0.15) is 11.8 Å². The van der Waals surface area contributed by atoms with E-state index < -0.39 is 0 Å². The van der Waals surface area contributed by atoms with Gasteiger partial charge in [-0.05, 0) is 6.42 Å². The summed E-state index contributed by atoms with van der Waals surface area (Å²) in [5, 5.41) is 0.291. The molecule has 0 atom stereocenters. The standard InChI is InChI=1S/C16H31BrO2S/c1-4-5-6-7-8-9-10-11-16(2,3)20-13-12-19-15(18)14-17/h4-14H2,1-3H3. The van der Waals surface area contributed by atoms with Crippen LogP contribution >= 0.6 is 27.7 Å². The van der Waals surface area contributed by atoms with Gasteiger partial charge in [0.15, 0.2) is 0 Å². The van der Waals surface area contributed by atoms with Crippen molar-refractivity contribution in [2.24, 2.45) is 0 Å². The highest BCUT2D eigenvalue weighted by Crippen LogP contribution is 2.30. The van der Waals surface area contributed by atoms with Gasteiger partial charge < -0.3 is 4.74 Å². The van der Waals surface area contributed by atoms with Crippen molar-refractivity contribution in [3.05, 3.63) is 0 Å². The molecular formula is C16H31BrO2S. The molecule has 0 aliphatic carbocycles. The van der Waals surface area contributed by atoms with E-state index in [2.05, 4.69) is 36.7 Å². The van der Waals surface area contributed by atoms with E-state index in [9.17, 15) is 4.79 Å². The highest BCUT2D eigenvalue weighted by atomic mass is 79.9. The first kappa shape index (κ1) is 20.3. The van der Waals surface area contributed by atoms with Crippen molar-refractivity contribution in [3.63, 3.8) is 0 Å². The highest BCUT2D eigenvalue weighted by Gasteiger charge is 2.17. The molecule has 0 aromatic carbocycles. The zero-order valence-electron chi connectivity index (χ0n) is 13.4. The molecule has 0 saturated heterocycles. The molecule has 120 valence electrons. The van der Waals surface area contributed by atoms with Gasteiger partial charge in [0.25, 0.3) is 0 Å². The Bertz CT molecular complexity index is 245. The van der Waals surface area contributed by atoms with E-state index in [0.717, 1.165) is 5.75 Å². The topological polar surface area (TPSA) is 26.3 Å². The third-order valence-corrected chi connectivity index (χ3v) is 5.14. The molecule has 0 aromatic heterocycles. The fraction of sp³-hybridized carbons (Fsp3) is 0.938. The lowest BCUT2D eigenvalue weighted by atomic mass is 10.0. The number of hydrogen-bond donors (Lipinski definition) is 0. The van der Waals surface area contributed by atoms with Crippen LogP contribution in [-0.4, -0.2) is 28.4 Å². The summed E-state index contributed by atoms with van der Waals surface area (Å²) in [5.41, 5.74) is 0. The first-order valence-electron chi connectivity index (χ1n) is 7.87. The second kappa shape index (κ2) is 13.0. The molecule has 0 aromatic rings. The Balaban J connectivity index is 3.46. The van der Waals surface area contributed by atoms with Gasteiger partial charge in [0, 0.05) is 10.5 Å². The minimum absolute atomic E-state index is 0.171. The van der Waals surface area contributed by atoms with Crippen LogP contribution in [0.5, 0.6) is 0 Å². The molecule has 0 saturated carbocycles. The summed E-state index contributed by atoms with van der Waals surface area (Å²) in [5.74, 6) is 0.720. The Hall–Kier alpha value is 0.300. The third-order valence-electron chi connectivity index (χ3n) is 3.33. The van der Waals surface area contributed by atoms with Crippen molar-refractivity contribution < 1.29 is 9.53 Å². The summed E-state index contributed by atoms with van der Waals surface area (Å²) in [6.45, 7) is 7.37. The van der Waals surface area contributed by atoms with Crippen molar-refractivity contribution in [2.75, 3.05) is 17.7 Å². The number of alkyl halides is 1. The van der Waals surface area contributed by atoms with Gasteiger partial charge in [-0.1, -0.05) is 81.6 Å². The van der Waals surface area contributed by atoms with Crippen LogP contribution in [0.4, 0.5) is 0 Å². The third kappa shape index (κ3) is 13.3. The summed E-state index contributed by atoms with van der Waals surface area (Å²) in [6.07, 6.45) is 10.8. The van der Waals surface area contributed by atoms with Crippen LogP contribution in [0, 0.1) is 0 Å². The predicted molar refractivity (Wildman–Crippen MR) is 93.9 cm³/mol. The van der Waals surface area contributed by atoms with Crippen molar-refractivity contribution in [1.29, 1.82) is 0 Å². The summed E-state index contributed by atoms with van der Waals surface area (Å²) in [6, 6.07) is 0. The molecule has 0 rings (SSSR count). The summed E-state index contributed by atoms with van der Waals surface area (Å²) < 4.78 is 5.36. The van der Waals surface area contributed by atoms with E-state index in [0.29, 0.717) is 16.7 Å². The van der Waals surface area contributed by atoms with Crippen molar-refractivity contribution in [3.8, 4) is 0 Å². The largest absolute Gasteiger partial charge is 0.464 e. The molecule has 0 spiro atoms. The molecule has 0 heterocycles. The van der Waals surface area contributed by atoms with Crippen LogP contribution in [0.1, 0.15) is 72.1 Å². The fourth-order valence-electron chi connectivity index (χ4n) is 2.09. The van der Waals surface area contributed by atoms with Gasteiger partial charge in [-0.25, -0.2) is 0 Å². The average molecular weight is 367 g/mol. The minimum Gasteiger partial charge on any atom is -0.464 e. The molecule has 0 aliphatic rings. The molecule has 2 nitrogen and oxygen atoms in total. The van der Waals surface area contributed by atoms with Crippen LogP contribution in [-0.2, 0) is 9.53 Å². The smallest absolute Gasteiger partial charge is 0.316 e. The normalized spacial score (nSPS) is 11.6. The van der Waals surface area contributed by atoms with Gasteiger partial charge in [0.05, 0.1) is 0 Å². The van der Waals surface area contributed by atoms with Crippen LogP contribution in [0.2, 0.25) is 0 Å². The van der Waals surface area contributed by atoms with E-state index in [1.807, 2.05) is 11.8 Å². The maximum absolute atomic E-state index is 11.0. The number of unbranched alkanes of at least 4 members (excludes halogenated alkanes) is 6. The van der Waals surface area contributed by atoms with Gasteiger partial charge >= 0.3 is 5.97 Å². The first-order chi connectivity index (χ1) is 9.52. The summed E-state index contributed by atoms with van der Waals surface area (Å²) >= 11 is 5.00. The molecule has 0 bridgehead atoms. The zero-order valence-corrected chi connectivity index (χ0v) is 15.8. The number of carbonyl (C=O) groups excluding carboxylic acids is 1. The predicted octanol–water partition coefficient (Wildman–Crippen LogP) is 5.58. The van der Waals surface area contributed by atoms with E-state index >= 15 is 0 Å². The first-order valence-corrected chi connectivity index (χ1v) is 9.98. The Labute approximate surface area is 137 Å². The lowest BCUT2D eigenvalue weighted by Crippen LogP contribution is -2.17. The van der Waals surface area contributed by atoms with Crippen LogP contribution in [0.3, 0.4) is 0 Å². The number of carbonyl (C=O) groups is 1. The Morgan fingerprint density at radius 2 is 1.70 bits per heavy atom. The van der Waals surface area contributed by atoms with Gasteiger partial charge in [-0.15, -0.1) is 0 Å². The monoisotopic (exact) mass is 366 g/mol. The molecule has 0 amide bonds. The Morgan fingerprint density at radius 1 is 1.10 bits per heavy atom. The van der Waals surface area contributed by atoms with E-state index in [-0.39, 0.29) is 5.97 Å². The molecule has 0 aliphatic heterocycles. The van der Waals surface area contributed by atoms with Crippen LogP contribution in [0.25, 0.3) is 0 Å². The van der Waals surface area contributed by atoms with Crippen molar-refractivity contribution >= 4 is 33.7 Å². The molecule has 0 fully saturated rings. The lowest BCUT2D eigenvalue weighted by Gasteiger charge is -2.24. The lowest BCUT2D eigenvalue weighted by molar-refractivity contribution is -0.139. The second-order valence-electron chi connectivity index (χ2n) is 5.83. The van der Waals surface area contributed by atoms with Gasteiger partial charge in [0.1, 0.15) is 11.9 Å². The molecule has 0 N–H and O–H groups in total. The van der Waals surface area contributed by atoms with E-state index in [1.54, 1.807) is 0 Å². The fourth-order valence-corrected chi connectivity index (χ4v) is 3.26. The minimum atomic E-state index is -0.171. The molecule has 20 heavy (non-hydrogen) atoms. The zero-order chi connectivity index (χ0) is 15.3. The Morgan fingerprint density at radius 3 is 2.30 bits per heavy atom. The number of halogens is 1. The molecule has 0 radical (unpaired) electrons. The number of rotatable bonds is 13. The maximum Gasteiger partial charge on any atom is 0.316 e. The van der Waals surface area contributed by atoms with E-state index in [1.165, 1.54) is 51.4 Å². The van der Waals surface area contributed by atoms with Crippen LogP contribution in [0.15, 0.2) is 0 Å². The SMILES string of the molecule is CCCCCCCCCC(C)(C)SCCOC(=O)CBr. The highest BCUT2D eigenvalue weighted by molar-refractivity contribution is 9.09. The Kier molecular flexibility index (Phi) is 13.2. The van der Waals surface area contributed by atoms with Gasteiger partial charge in [-0.3, -0.25) is 4.79 Å². The maximum atomic E-state index is 11.0. The van der Waals surface area contributed by atoms with Gasteiger partial charge in [0.2, 0.25) is 0 Å². The molecule has 4 heteroatoms. The molecular weight excluding hydrogens is 336 g/mol. The molecule has 0 unspecified atom stereocenters. The number of ether oxygens (including phenoxy) is 1. The number of esters is 1.